The lowest BCUT2D eigenvalue weighted by Crippen LogP contribution is -2.48. The van der Waals surface area contributed by atoms with E-state index in [1.54, 1.807) is 26.4 Å². The molecule has 0 unspecified atom stereocenters. The zero-order valence-electron chi connectivity index (χ0n) is 21.8. The van der Waals surface area contributed by atoms with Crippen LogP contribution in [0.2, 0.25) is 0 Å². The lowest BCUT2D eigenvalue weighted by atomic mass is 9.49. The van der Waals surface area contributed by atoms with Gasteiger partial charge < -0.3 is 14.5 Å². The molecule has 2 atom stereocenters. The van der Waals surface area contributed by atoms with Crippen molar-refractivity contribution >= 4 is 5.96 Å². The average Bonchev–Trinajstić information content (AvgIpc) is 3.42. The summed E-state index contributed by atoms with van der Waals surface area (Å²) in [6.45, 7) is 3.44. The van der Waals surface area contributed by atoms with Crippen LogP contribution in [0, 0.1) is 29.1 Å². The summed E-state index contributed by atoms with van der Waals surface area (Å²) < 4.78 is 5.42. The van der Waals surface area contributed by atoms with Gasteiger partial charge >= 0.3 is 0 Å². The maximum Gasteiger partial charge on any atom is 0.197 e. The maximum absolute atomic E-state index is 5.42. The van der Waals surface area contributed by atoms with E-state index in [2.05, 4.69) is 34.1 Å². The fourth-order valence-electron chi connectivity index (χ4n) is 9.84. The van der Waals surface area contributed by atoms with Gasteiger partial charge in [-0.05, 0) is 111 Å². The molecule has 0 N–H and O–H groups in total. The second-order valence-electron chi connectivity index (χ2n) is 13.3. The molecule has 4 bridgehead atoms. The molecule has 190 valence electrons. The molecule has 1 aromatic carbocycles. The van der Waals surface area contributed by atoms with Crippen LogP contribution in [0.3, 0.4) is 0 Å². The molecule has 8 rings (SSSR count). The highest BCUT2D eigenvalue weighted by molar-refractivity contribution is 5.84. The van der Waals surface area contributed by atoms with Gasteiger partial charge in [0.25, 0.3) is 0 Å². The molecule has 35 heavy (non-hydrogen) atoms. The number of benzene rings is 1. The highest BCUT2D eigenvalue weighted by Crippen LogP contribution is 2.61. The Morgan fingerprint density at radius 2 is 1.63 bits per heavy atom. The molecule has 0 aromatic heterocycles. The van der Waals surface area contributed by atoms with Crippen molar-refractivity contribution in [2.24, 2.45) is 34.1 Å². The van der Waals surface area contributed by atoms with Gasteiger partial charge in [0.15, 0.2) is 5.96 Å². The Morgan fingerprint density at radius 3 is 2.29 bits per heavy atom. The summed E-state index contributed by atoms with van der Waals surface area (Å²) in [5.74, 6) is 6.32. The summed E-state index contributed by atoms with van der Waals surface area (Å²) in [5.41, 5.74) is 2.08. The summed E-state index contributed by atoms with van der Waals surface area (Å²) in [7, 11) is 1.76. The average molecular weight is 476 g/mol. The molecule has 7 aliphatic rings. The molecule has 4 heteroatoms. The third-order valence-electron chi connectivity index (χ3n) is 11.1. The first-order chi connectivity index (χ1) is 17.2. The van der Waals surface area contributed by atoms with Crippen LogP contribution in [0.25, 0.3) is 0 Å². The van der Waals surface area contributed by atoms with Crippen molar-refractivity contribution in [1.82, 2.24) is 9.80 Å². The van der Waals surface area contributed by atoms with Gasteiger partial charge in [-0.15, -0.1) is 0 Å². The topological polar surface area (TPSA) is 28.1 Å². The zero-order chi connectivity index (χ0) is 23.4. The predicted octanol–water partition coefficient (Wildman–Crippen LogP) is 6.15. The maximum atomic E-state index is 5.42. The zero-order valence-corrected chi connectivity index (χ0v) is 21.8. The predicted molar refractivity (Wildman–Crippen MR) is 142 cm³/mol. The second-order valence-corrected chi connectivity index (χ2v) is 13.3. The molecule has 1 saturated heterocycles. The van der Waals surface area contributed by atoms with Crippen LogP contribution in [0.15, 0.2) is 29.3 Å². The van der Waals surface area contributed by atoms with E-state index in [1.807, 2.05) is 0 Å². The van der Waals surface area contributed by atoms with E-state index < -0.39 is 0 Å². The first-order valence-electron chi connectivity index (χ1n) is 14.9. The molecule has 2 aliphatic heterocycles. The number of guanidine groups is 1. The first kappa shape index (κ1) is 22.5. The SMILES string of the molecule is COc1ccc(C[C@@H]2CN3C(=NC[C@H]3C3CCCCC3)N2CCC23CC4CC(CC(C4)C2)C3)cc1. The van der Waals surface area contributed by atoms with Crippen LogP contribution >= 0.6 is 0 Å². The lowest BCUT2D eigenvalue weighted by molar-refractivity contribution is -0.0595. The highest BCUT2D eigenvalue weighted by atomic mass is 16.5. The monoisotopic (exact) mass is 475 g/mol. The van der Waals surface area contributed by atoms with E-state index in [0.717, 1.165) is 42.4 Å². The fraction of sp³-hybridized carbons (Fsp3) is 0.774. The standard InChI is InChI=1S/C31H45N3O/c1-35-28-9-7-22(8-10-28)16-27-21-34-29(26-5-3-2-4-6-26)20-32-30(34)33(27)12-11-31-17-23-13-24(18-31)15-25(14-23)19-31/h7-10,23-27,29H,2-6,11-21H2,1H3/t23?,24?,25?,27-,29+,31?/m1/s1. The number of hydrogen-bond acceptors (Lipinski definition) is 4. The Hall–Kier alpha value is -1.71. The van der Waals surface area contributed by atoms with Crippen LogP contribution in [0.1, 0.15) is 82.6 Å². The van der Waals surface area contributed by atoms with E-state index in [4.69, 9.17) is 9.73 Å². The highest BCUT2D eigenvalue weighted by Gasteiger charge is 2.51. The molecule has 1 aromatic rings. The third kappa shape index (κ3) is 4.17. The quantitative estimate of drug-likeness (QED) is 0.473. The smallest absolute Gasteiger partial charge is 0.197 e. The minimum Gasteiger partial charge on any atom is -0.497 e. The van der Waals surface area contributed by atoms with Gasteiger partial charge in [-0.25, -0.2) is 0 Å². The van der Waals surface area contributed by atoms with E-state index >= 15 is 0 Å². The molecular formula is C31H45N3O. The van der Waals surface area contributed by atoms with E-state index in [9.17, 15) is 0 Å². The van der Waals surface area contributed by atoms with Gasteiger partial charge in [-0.1, -0.05) is 31.4 Å². The molecule has 0 spiro atoms. The molecule has 0 radical (unpaired) electrons. The number of aliphatic imine (C=N–C) groups is 1. The van der Waals surface area contributed by atoms with Crippen molar-refractivity contribution in [1.29, 1.82) is 0 Å². The summed E-state index contributed by atoms with van der Waals surface area (Å²) >= 11 is 0. The third-order valence-corrected chi connectivity index (χ3v) is 11.1. The molecule has 5 aliphatic carbocycles. The number of hydrogen-bond donors (Lipinski definition) is 0. The molecule has 4 nitrogen and oxygen atoms in total. The van der Waals surface area contributed by atoms with Crippen molar-refractivity contribution in [3.8, 4) is 5.75 Å². The van der Waals surface area contributed by atoms with E-state index in [0.29, 0.717) is 17.5 Å². The normalized spacial score (nSPS) is 38.2. The van der Waals surface area contributed by atoms with Gasteiger partial charge in [-0.2, -0.15) is 0 Å². The largest absolute Gasteiger partial charge is 0.497 e. The molecule has 0 amide bonds. The van der Waals surface area contributed by atoms with Crippen LogP contribution in [-0.4, -0.2) is 54.6 Å². The van der Waals surface area contributed by atoms with Crippen molar-refractivity contribution < 1.29 is 4.74 Å². The molecule has 6 fully saturated rings. The Bertz CT molecular complexity index is 898. The number of ether oxygens (including phenoxy) is 1. The Kier molecular flexibility index (Phi) is 5.78. The second kappa shape index (κ2) is 8.99. The van der Waals surface area contributed by atoms with Crippen molar-refractivity contribution in [2.45, 2.75) is 95.6 Å². The van der Waals surface area contributed by atoms with Crippen LogP contribution in [0.5, 0.6) is 5.75 Å². The van der Waals surface area contributed by atoms with E-state index in [1.165, 1.54) is 82.4 Å². The summed E-state index contributed by atoms with van der Waals surface area (Å²) in [6, 6.07) is 10.0. The summed E-state index contributed by atoms with van der Waals surface area (Å²) in [6.07, 6.45) is 18.9. The minimum atomic E-state index is 0.558. The molecule has 2 heterocycles. The van der Waals surface area contributed by atoms with Gasteiger partial charge in [0.2, 0.25) is 0 Å². The number of nitrogens with zero attached hydrogens (tertiary/aromatic N) is 3. The van der Waals surface area contributed by atoms with Gasteiger partial charge in [-0.3, -0.25) is 4.99 Å². The van der Waals surface area contributed by atoms with Crippen molar-refractivity contribution in [2.75, 3.05) is 26.7 Å². The van der Waals surface area contributed by atoms with Crippen molar-refractivity contribution in [3.63, 3.8) is 0 Å². The number of rotatable bonds is 7. The first-order valence-corrected chi connectivity index (χ1v) is 14.9. The van der Waals surface area contributed by atoms with E-state index in [-0.39, 0.29) is 0 Å². The number of fused-ring (bicyclic) bond motifs is 1. The van der Waals surface area contributed by atoms with Crippen molar-refractivity contribution in [3.05, 3.63) is 29.8 Å². The Morgan fingerprint density at radius 1 is 0.943 bits per heavy atom. The fourth-order valence-corrected chi connectivity index (χ4v) is 9.84. The molecular weight excluding hydrogens is 430 g/mol. The van der Waals surface area contributed by atoms with Crippen LogP contribution < -0.4 is 4.74 Å². The molecule has 5 saturated carbocycles. The summed E-state index contributed by atoms with van der Waals surface area (Å²) in [5, 5.41) is 0. The lowest BCUT2D eigenvalue weighted by Gasteiger charge is -2.57. The Labute approximate surface area is 212 Å². The van der Waals surface area contributed by atoms with Crippen LogP contribution in [0.4, 0.5) is 0 Å². The number of methoxy groups -OCH3 is 1. The van der Waals surface area contributed by atoms with Gasteiger partial charge in [0, 0.05) is 13.1 Å². The Balaban J connectivity index is 1.10. The summed E-state index contributed by atoms with van der Waals surface area (Å²) in [4.78, 5) is 10.8. The van der Waals surface area contributed by atoms with Gasteiger partial charge in [0.05, 0.1) is 25.7 Å². The van der Waals surface area contributed by atoms with Gasteiger partial charge in [0.1, 0.15) is 5.75 Å². The minimum absolute atomic E-state index is 0.558. The van der Waals surface area contributed by atoms with Crippen LogP contribution in [-0.2, 0) is 6.42 Å².